The van der Waals surface area contributed by atoms with Crippen LogP contribution in [0, 0.1) is 6.92 Å². The van der Waals surface area contributed by atoms with Crippen LogP contribution in [0.2, 0.25) is 0 Å². The highest BCUT2D eigenvalue weighted by molar-refractivity contribution is 6.19. The Balaban J connectivity index is 1.90. The van der Waals surface area contributed by atoms with E-state index in [4.69, 9.17) is 4.42 Å². The molecule has 0 amide bonds. The number of hydrogen-bond donors (Lipinski definition) is 0. The van der Waals surface area contributed by atoms with Crippen molar-refractivity contribution >= 4 is 43.7 Å². The van der Waals surface area contributed by atoms with Gasteiger partial charge in [-0.15, -0.1) is 0 Å². The van der Waals surface area contributed by atoms with E-state index in [1.807, 2.05) is 12.1 Å². The van der Waals surface area contributed by atoms with Crippen LogP contribution in [0.5, 0.6) is 0 Å². The summed E-state index contributed by atoms with van der Waals surface area (Å²) in [4.78, 5) is 0. The first-order chi connectivity index (χ1) is 13.3. The molecule has 128 valence electrons. The van der Waals surface area contributed by atoms with Gasteiger partial charge in [-0.1, -0.05) is 54.6 Å². The second kappa shape index (κ2) is 5.24. The Hall–Kier alpha value is -3.52. The number of benzene rings is 4. The molecule has 2 heteroatoms. The Morgan fingerprint density at radius 2 is 1.37 bits per heavy atom. The molecule has 4 aromatic carbocycles. The highest BCUT2D eigenvalue weighted by Gasteiger charge is 2.19. The molecule has 0 N–H and O–H groups in total. The Labute approximate surface area is 156 Å². The summed E-state index contributed by atoms with van der Waals surface area (Å²) in [6.45, 7) is 2.17. The number of nitrogens with zero attached hydrogens (tertiary/aromatic N) is 1. The van der Waals surface area contributed by atoms with Crippen molar-refractivity contribution < 1.29 is 4.42 Å². The molecule has 0 fully saturated rings. The van der Waals surface area contributed by atoms with Crippen molar-refractivity contribution in [1.82, 2.24) is 4.57 Å². The summed E-state index contributed by atoms with van der Waals surface area (Å²) in [6, 6.07) is 29.8. The topological polar surface area (TPSA) is 18.1 Å². The van der Waals surface area contributed by atoms with Gasteiger partial charge in [-0.2, -0.15) is 0 Å². The highest BCUT2D eigenvalue weighted by Crippen LogP contribution is 2.40. The smallest absolute Gasteiger partial charge is 0.140 e. The van der Waals surface area contributed by atoms with E-state index in [-0.39, 0.29) is 0 Å². The maximum absolute atomic E-state index is 6.26. The Bertz CT molecular complexity index is 1470. The van der Waals surface area contributed by atoms with Crippen molar-refractivity contribution in [1.29, 1.82) is 0 Å². The predicted molar refractivity (Wildman–Crippen MR) is 113 cm³/mol. The van der Waals surface area contributed by atoms with Gasteiger partial charge in [-0.3, -0.25) is 0 Å². The van der Waals surface area contributed by atoms with Crippen molar-refractivity contribution in [3.63, 3.8) is 0 Å². The zero-order valence-corrected chi connectivity index (χ0v) is 14.9. The molecule has 0 unspecified atom stereocenters. The minimum absolute atomic E-state index is 0.943. The maximum Gasteiger partial charge on any atom is 0.140 e. The van der Waals surface area contributed by atoms with Gasteiger partial charge in [-0.25, -0.2) is 0 Å². The Morgan fingerprint density at radius 1 is 0.667 bits per heavy atom. The van der Waals surface area contributed by atoms with Crippen LogP contribution < -0.4 is 0 Å². The number of aryl methyl sites for hydroxylation is 1. The molecule has 0 radical (unpaired) electrons. The monoisotopic (exact) mass is 347 g/mol. The van der Waals surface area contributed by atoms with Crippen LogP contribution in [0.3, 0.4) is 0 Å². The van der Waals surface area contributed by atoms with Gasteiger partial charge in [0.15, 0.2) is 0 Å². The highest BCUT2D eigenvalue weighted by atomic mass is 16.3. The lowest BCUT2D eigenvalue weighted by Crippen LogP contribution is -1.94. The number of aromatic nitrogens is 1. The summed E-state index contributed by atoms with van der Waals surface area (Å²) in [5, 5.41) is 4.90. The fourth-order valence-electron chi connectivity index (χ4n) is 4.37. The van der Waals surface area contributed by atoms with E-state index in [1.165, 1.54) is 43.8 Å². The number of hydrogen-bond acceptors (Lipinski definition) is 1. The molecule has 6 rings (SSSR count). The van der Waals surface area contributed by atoms with E-state index < -0.39 is 0 Å². The molecular formula is C25H17NO. The molecule has 0 saturated heterocycles. The molecule has 0 spiro atoms. The summed E-state index contributed by atoms with van der Waals surface area (Å²) in [5.74, 6) is 0. The van der Waals surface area contributed by atoms with Crippen molar-refractivity contribution in [3.8, 4) is 5.69 Å². The van der Waals surface area contributed by atoms with Crippen LogP contribution in [-0.4, -0.2) is 4.57 Å². The first kappa shape index (κ1) is 14.6. The van der Waals surface area contributed by atoms with Gasteiger partial charge in [0.05, 0.1) is 11.0 Å². The summed E-state index contributed by atoms with van der Waals surface area (Å²) in [5.41, 5.74) is 6.70. The van der Waals surface area contributed by atoms with Crippen LogP contribution in [0.4, 0.5) is 0 Å². The largest absolute Gasteiger partial charge is 0.456 e. The minimum Gasteiger partial charge on any atom is -0.456 e. The summed E-state index contributed by atoms with van der Waals surface area (Å²) >= 11 is 0. The molecular weight excluding hydrogens is 330 g/mol. The van der Waals surface area contributed by atoms with E-state index in [9.17, 15) is 0 Å². The molecule has 2 nitrogen and oxygen atoms in total. The lowest BCUT2D eigenvalue weighted by atomic mass is 10.0. The van der Waals surface area contributed by atoms with Gasteiger partial charge >= 0.3 is 0 Å². The van der Waals surface area contributed by atoms with Crippen LogP contribution >= 0.6 is 0 Å². The maximum atomic E-state index is 6.26. The Kier molecular flexibility index (Phi) is 2.84. The fourth-order valence-corrected chi connectivity index (χ4v) is 4.37. The summed E-state index contributed by atoms with van der Waals surface area (Å²) in [7, 11) is 0. The summed E-state index contributed by atoms with van der Waals surface area (Å²) in [6.07, 6.45) is 0. The molecule has 27 heavy (non-hydrogen) atoms. The normalized spacial score (nSPS) is 11.9. The minimum atomic E-state index is 0.943. The first-order valence-corrected chi connectivity index (χ1v) is 9.22. The van der Waals surface area contributed by atoms with Crippen molar-refractivity contribution in [2.75, 3.05) is 0 Å². The van der Waals surface area contributed by atoms with Crippen molar-refractivity contribution in [3.05, 3.63) is 90.5 Å². The van der Waals surface area contributed by atoms with E-state index in [0.717, 1.165) is 11.2 Å². The SMILES string of the molecule is Cc1c2oc3ccccc3c2cc2c3ccccc3n(-c3ccccc3)c12. The number of furan rings is 1. The van der Waals surface area contributed by atoms with E-state index in [2.05, 4.69) is 84.3 Å². The second-order valence-corrected chi connectivity index (χ2v) is 7.06. The second-order valence-electron chi connectivity index (χ2n) is 7.06. The average Bonchev–Trinajstić information content (AvgIpc) is 3.26. The van der Waals surface area contributed by atoms with Gasteiger partial charge < -0.3 is 8.98 Å². The number of fused-ring (bicyclic) bond motifs is 6. The van der Waals surface area contributed by atoms with Gasteiger partial charge in [0, 0.05) is 32.8 Å². The molecule has 0 aliphatic rings. The van der Waals surface area contributed by atoms with E-state index >= 15 is 0 Å². The van der Waals surface area contributed by atoms with Gasteiger partial charge in [0.1, 0.15) is 11.2 Å². The molecule has 2 heterocycles. The molecule has 0 saturated carbocycles. The lowest BCUT2D eigenvalue weighted by Gasteiger charge is -2.09. The quantitative estimate of drug-likeness (QED) is 0.313. The average molecular weight is 347 g/mol. The number of rotatable bonds is 1. The third-order valence-corrected chi connectivity index (χ3v) is 5.55. The van der Waals surface area contributed by atoms with Crippen LogP contribution in [0.15, 0.2) is 89.3 Å². The zero-order chi connectivity index (χ0) is 18.0. The van der Waals surface area contributed by atoms with Crippen LogP contribution in [0.25, 0.3) is 49.4 Å². The van der Waals surface area contributed by atoms with Crippen molar-refractivity contribution in [2.24, 2.45) is 0 Å². The van der Waals surface area contributed by atoms with E-state index in [0.29, 0.717) is 0 Å². The van der Waals surface area contributed by atoms with E-state index in [1.54, 1.807) is 0 Å². The summed E-state index contributed by atoms with van der Waals surface area (Å²) < 4.78 is 8.62. The predicted octanol–water partition coefficient (Wildman–Crippen LogP) is 6.99. The molecule has 0 atom stereocenters. The fraction of sp³-hybridized carbons (Fsp3) is 0.0400. The third kappa shape index (κ3) is 1.90. The molecule has 0 aliphatic carbocycles. The zero-order valence-electron chi connectivity index (χ0n) is 14.9. The lowest BCUT2D eigenvalue weighted by molar-refractivity contribution is 0.666. The first-order valence-electron chi connectivity index (χ1n) is 9.22. The van der Waals surface area contributed by atoms with Crippen LogP contribution in [0.1, 0.15) is 5.56 Å². The molecule has 6 aromatic rings. The standard InChI is InChI=1S/C25H17NO/c1-16-24-20(15-21-19-12-6-8-14-23(19)27-25(16)21)18-11-5-7-13-22(18)26(24)17-9-3-2-4-10-17/h2-15H,1H3. The number of para-hydroxylation sites is 3. The molecule has 2 aromatic heterocycles. The Morgan fingerprint density at radius 3 is 2.22 bits per heavy atom. The van der Waals surface area contributed by atoms with Crippen molar-refractivity contribution in [2.45, 2.75) is 6.92 Å². The van der Waals surface area contributed by atoms with Gasteiger partial charge in [0.2, 0.25) is 0 Å². The third-order valence-electron chi connectivity index (χ3n) is 5.55. The molecule has 0 aliphatic heterocycles. The molecule has 0 bridgehead atoms. The van der Waals surface area contributed by atoms with Crippen LogP contribution in [-0.2, 0) is 0 Å². The van der Waals surface area contributed by atoms with Gasteiger partial charge in [-0.05, 0) is 37.3 Å². The van der Waals surface area contributed by atoms with Gasteiger partial charge in [0.25, 0.3) is 0 Å².